The molecule has 0 unspecified atom stereocenters. The third kappa shape index (κ3) is 4.23. The highest BCUT2D eigenvalue weighted by atomic mass is 32.1. The number of hydrogen-bond acceptors (Lipinski definition) is 3. The number of nitrogens with one attached hydrogen (secondary N) is 1. The second-order valence-corrected chi connectivity index (χ2v) is 3.79. The summed E-state index contributed by atoms with van der Waals surface area (Å²) in [6, 6.07) is 9.49. The van der Waals surface area contributed by atoms with E-state index in [4.69, 9.17) is 18.0 Å². The van der Waals surface area contributed by atoms with E-state index >= 15 is 0 Å². The minimum absolute atomic E-state index is 0.554. The van der Waals surface area contributed by atoms with Crippen LogP contribution in [0.5, 0.6) is 0 Å². The quantitative estimate of drug-likeness (QED) is 0.543. The van der Waals surface area contributed by atoms with Crippen molar-refractivity contribution in [3.05, 3.63) is 52.6 Å². The Labute approximate surface area is 100 Å². The Morgan fingerprint density at radius 2 is 1.81 bits per heavy atom. The smallest absolute Gasteiger partial charge is 0.196 e. The van der Waals surface area contributed by atoms with Crippen LogP contribution < -0.4 is 5.73 Å². The third-order valence-electron chi connectivity index (χ3n) is 2.06. The molecule has 0 aliphatic heterocycles. The van der Waals surface area contributed by atoms with Gasteiger partial charge in [-0.25, -0.2) is 4.98 Å². The number of nitrogens with zero attached hydrogens (tertiary/aromatic N) is 1. The normalized spacial score (nSPS) is 9.12. The number of rotatable bonds is 0. The number of aromatic amines is 1. The molecule has 0 radical (unpaired) electrons. The highest BCUT2D eigenvalue weighted by Crippen LogP contribution is 1.97. The summed E-state index contributed by atoms with van der Waals surface area (Å²) in [5.74, 6) is 0. The van der Waals surface area contributed by atoms with E-state index in [-0.39, 0.29) is 0 Å². The van der Waals surface area contributed by atoms with Crippen LogP contribution in [0.3, 0.4) is 0 Å². The lowest BCUT2D eigenvalue weighted by molar-refractivity contribution is 1.04. The van der Waals surface area contributed by atoms with Crippen LogP contribution in [0.2, 0.25) is 0 Å². The first kappa shape index (κ1) is 12.4. The summed E-state index contributed by atoms with van der Waals surface area (Å²) in [6.07, 6.45) is 1.77. The Morgan fingerprint density at radius 3 is 2.19 bits per heavy atom. The van der Waals surface area contributed by atoms with Crippen molar-refractivity contribution in [3.8, 4) is 0 Å². The highest BCUT2D eigenvalue weighted by Gasteiger charge is 1.88. The van der Waals surface area contributed by atoms with Crippen LogP contribution >= 0.6 is 12.2 Å². The topological polar surface area (TPSA) is 54.7 Å². The Bertz CT molecular complexity index is 491. The number of aryl methyl sites for hydroxylation is 2. The lowest BCUT2D eigenvalue weighted by atomic mass is 10.3. The molecule has 1 heterocycles. The maximum atomic E-state index is 5.36. The summed E-state index contributed by atoms with van der Waals surface area (Å²) in [6.45, 7) is 3.97. The van der Waals surface area contributed by atoms with Crippen LogP contribution in [0.4, 0.5) is 5.69 Å². The number of benzene rings is 1. The van der Waals surface area contributed by atoms with Gasteiger partial charge in [-0.15, -0.1) is 0 Å². The van der Waals surface area contributed by atoms with Crippen molar-refractivity contribution in [2.75, 3.05) is 5.73 Å². The molecule has 0 saturated heterocycles. The van der Waals surface area contributed by atoms with Gasteiger partial charge in [0.15, 0.2) is 4.77 Å². The summed E-state index contributed by atoms with van der Waals surface area (Å²) in [4.78, 5) is 6.84. The van der Waals surface area contributed by atoms with Crippen molar-refractivity contribution in [2.24, 2.45) is 0 Å². The van der Waals surface area contributed by atoms with E-state index in [2.05, 4.69) is 9.97 Å². The molecule has 0 amide bonds. The molecule has 0 atom stereocenters. The zero-order chi connectivity index (χ0) is 12.0. The number of nitrogens with two attached hydrogens (primary N) is 1. The summed E-state index contributed by atoms with van der Waals surface area (Å²) in [5, 5.41) is 0. The molecule has 0 bridgehead atoms. The van der Waals surface area contributed by atoms with Gasteiger partial charge in [-0.2, -0.15) is 0 Å². The second-order valence-electron chi connectivity index (χ2n) is 3.41. The van der Waals surface area contributed by atoms with Crippen molar-refractivity contribution < 1.29 is 0 Å². The molecule has 2 rings (SSSR count). The minimum Gasteiger partial charge on any atom is -0.399 e. The molecule has 4 heteroatoms. The van der Waals surface area contributed by atoms with Crippen LogP contribution in [0.1, 0.15) is 11.3 Å². The first-order valence-electron chi connectivity index (χ1n) is 4.92. The van der Waals surface area contributed by atoms with Gasteiger partial charge >= 0.3 is 0 Å². The van der Waals surface area contributed by atoms with Gasteiger partial charge in [0.2, 0.25) is 0 Å². The molecule has 0 fully saturated rings. The summed E-state index contributed by atoms with van der Waals surface area (Å²) >= 11 is 4.79. The molecule has 0 aliphatic rings. The number of hydrogen-bond donors (Lipinski definition) is 2. The Balaban J connectivity index is 0.000000165. The third-order valence-corrected chi connectivity index (χ3v) is 2.27. The number of anilines is 1. The largest absolute Gasteiger partial charge is 0.399 e. The SMILES string of the molecule is Cc1cnc(=S)[nH]c1C.Nc1ccccc1. The van der Waals surface area contributed by atoms with Crippen LogP contribution in [-0.2, 0) is 0 Å². The van der Waals surface area contributed by atoms with E-state index in [1.54, 1.807) is 6.20 Å². The van der Waals surface area contributed by atoms with Gasteiger partial charge < -0.3 is 10.7 Å². The highest BCUT2D eigenvalue weighted by molar-refractivity contribution is 7.71. The molecule has 1 aromatic heterocycles. The van der Waals surface area contributed by atoms with Crippen molar-refractivity contribution in [3.63, 3.8) is 0 Å². The number of H-pyrrole nitrogens is 1. The average Bonchev–Trinajstić information content (AvgIpc) is 2.26. The number of nitrogen functional groups attached to an aromatic ring is 1. The molecule has 0 spiro atoms. The zero-order valence-corrected chi connectivity index (χ0v) is 10.2. The van der Waals surface area contributed by atoms with E-state index in [1.807, 2.05) is 44.2 Å². The van der Waals surface area contributed by atoms with E-state index in [0.29, 0.717) is 4.77 Å². The molecule has 2 aromatic rings. The van der Waals surface area contributed by atoms with Crippen LogP contribution in [-0.4, -0.2) is 9.97 Å². The first-order valence-corrected chi connectivity index (χ1v) is 5.33. The molecule has 3 nitrogen and oxygen atoms in total. The van der Waals surface area contributed by atoms with Gasteiger partial charge in [0, 0.05) is 17.6 Å². The maximum absolute atomic E-state index is 5.36. The predicted octanol–water partition coefficient (Wildman–Crippen LogP) is 3.02. The molecule has 16 heavy (non-hydrogen) atoms. The molecular formula is C12H15N3S. The second kappa shape index (κ2) is 6.02. The number of aromatic nitrogens is 2. The standard InChI is InChI=1S/C6H8N2S.C6H7N/c1-4-3-7-6(9)8-5(4)2;7-6-4-2-1-3-5-6/h3H,1-2H3,(H,7,8,9);1-5H,7H2. The molecule has 0 saturated carbocycles. The first-order chi connectivity index (χ1) is 7.59. The zero-order valence-electron chi connectivity index (χ0n) is 9.40. The summed E-state index contributed by atoms with van der Waals surface area (Å²) in [7, 11) is 0. The Morgan fingerprint density at radius 1 is 1.19 bits per heavy atom. The summed E-state index contributed by atoms with van der Waals surface area (Å²) < 4.78 is 0.554. The predicted molar refractivity (Wildman–Crippen MR) is 69.8 cm³/mol. The van der Waals surface area contributed by atoms with Gasteiger partial charge in [-0.05, 0) is 43.8 Å². The molecule has 84 valence electrons. The van der Waals surface area contributed by atoms with Crippen molar-refractivity contribution in [2.45, 2.75) is 13.8 Å². The monoisotopic (exact) mass is 233 g/mol. The van der Waals surface area contributed by atoms with Crippen LogP contribution in [0, 0.1) is 18.6 Å². The minimum atomic E-state index is 0.554. The lowest BCUT2D eigenvalue weighted by Gasteiger charge is -1.94. The number of para-hydroxylation sites is 1. The molecule has 0 aliphatic carbocycles. The van der Waals surface area contributed by atoms with E-state index in [9.17, 15) is 0 Å². The van der Waals surface area contributed by atoms with E-state index in [1.165, 1.54) is 0 Å². The van der Waals surface area contributed by atoms with Crippen molar-refractivity contribution >= 4 is 17.9 Å². The van der Waals surface area contributed by atoms with Gasteiger partial charge in [0.1, 0.15) is 0 Å². The van der Waals surface area contributed by atoms with Gasteiger partial charge in [0.25, 0.3) is 0 Å². The van der Waals surface area contributed by atoms with Crippen molar-refractivity contribution in [1.29, 1.82) is 0 Å². The fourth-order valence-corrected chi connectivity index (χ4v) is 1.20. The molecule has 3 N–H and O–H groups in total. The van der Waals surface area contributed by atoms with Crippen molar-refractivity contribution in [1.82, 2.24) is 9.97 Å². The van der Waals surface area contributed by atoms with Gasteiger partial charge in [0.05, 0.1) is 0 Å². The van der Waals surface area contributed by atoms with Gasteiger partial charge in [-0.3, -0.25) is 0 Å². The van der Waals surface area contributed by atoms with Crippen LogP contribution in [0.25, 0.3) is 0 Å². The van der Waals surface area contributed by atoms with Gasteiger partial charge in [-0.1, -0.05) is 18.2 Å². The summed E-state index contributed by atoms with van der Waals surface area (Å²) in [5.41, 5.74) is 8.41. The average molecular weight is 233 g/mol. The molecular weight excluding hydrogens is 218 g/mol. The van der Waals surface area contributed by atoms with E-state index in [0.717, 1.165) is 16.9 Å². The lowest BCUT2D eigenvalue weighted by Crippen LogP contribution is -1.88. The van der Waals surface area contributed by atoms with E-state index < -0.39 is 0 Å². The van der Waals surface area contributed by atoms with Crippen LogP contribution in [0.15, 0.2) is 36.5 Å². The fraction of sp³-hybridized carbons (Fsp3) is 0.167. The Kier molecular flexibility index (Phi) is 4.66. The molecule has 1 aromatic carbocycles. The maximum Gasteiger partial charge on any atom is 0.196 e. The fourth-order valence-electron chi connectivity index (χ4n) is 0.997. The Hall–Kier alpha value is -1.68.